The molecule has 0 unspecified atom stereocenters. The fourth-order valence-corrected chi connectivity index (χ4v) is 3.94. The van der Waals surface area contributed by atoms with Gasteiger partial charge in [-0.05, 0) is 22.3 Å². The minimum atomic E-state index is -7.46. The monoisotopic (exact) mass is 502 g/mol. The van der Waals surface area contributed by atoms with Crippen LogP contribution in [0.15, 0.2) is 48.5 Å². The van der Waals surface area contributed by atoms with Crippen LogP contribution in [0.2, 0.25) is 0 Å². The quantitative estimate of drug-likeness (QED) is 0.378. The van der Waals surface area contributed by atoms with Crippen molar-refractivity contribution in [2.24, 2.45) is 0 Å². The average molecular weight is 502 g/mol. The zero-order valence-corrected chi connectivity index (χ0v) is 15.4. The van der Waals surface area contributed by atoms with E-state index >= 15 is 17.6 Å². The van der Waals surface area contributed by atoms with E-state index in [1.807, 2.05) is 0 Å². The maximum absolute atomic E-state index is 15.2. The average Bonchev–Trinajstić information content (AvgIpc) is 2.98. The van der Waals surface area contributed by atoms with Crippen LogP contribution < -0.4 is 0 Å². The van der Waals surface area contributed by atoms with Gasteiger partial charge in [0.15, 0.2) is 5.41 Å². The summed E-state index contributed by atoms with van der Waals surface area (Å²) in [7, 11) is 0. The molecule has 0 bridgehead atoms. The molecule has 1 aliphatic carbocycles. The van der Waals surface area contributed by atoms with E-state index < -0.39 is 63.7 Å². The summed E-state index contributed by atoms with van der Waals surface area (Å²) >= 11 is 0. The van der Waals surface area contributed by atoms with Gasteiger partial charge in [0.25, 0.3) is 0 Å². The first-order chi connectivity index (χ1) is 14.7. The predicted octanol–water partition coefficient (Wildman–Crippen LogP) is 7.62. The largest absolute Gasteiger partial charge is 0.459 e. The smallest absolute Gasteiger partial charge is 0.198 e. The van der Waals surface area contributed by atoms with Gasteiger partial charge in [0, 0.05) is 0 Å². The first kappa shape index (κ1) is 25.1. The second-order valence-electron chi connectivity index (χ2n) is 7.13. The Hall–Kier alpha value is -2.54. The number of alkyl halides is 14. The van der Waals surface area contributed by atoms with Crippen LogP contribution in [0.25, 0.3) is 11.1 Å². The number of fused-ring (bicyclic) bond motifs is 3. The molecule has 0 N–H and O–H groups in total. The van der Waals surface area contributed by atoms with Gasteiger partial charge in [0.1, 0.15) is 0 Å². The van der Waals surface area contributed by atoms with Crippen LogP contribution in [-0.2, 0) is 5.41 Å². The summed E-state index contributed by atoms with van der Waals surface area (Å²) in [6.45, 7) is 0. The van der Waals surface area contributed by atoms with E-state index in [1.54, 1.807) is 0 Å². The molecule has 0 aromatic heterocycles. The second kappa shape index (κ2) is 6.75. The minimum absolute atomic E-state index is 0.0794. The predicted molar refractivity (Wildman–Crippen MR) is 84.6 cm³/mol. The van der Waals surface area contributed by atoms with Crippen LogP contribution in [0.4, 0.5) is 61.5 Å². The van der Waals surface area contributed by atoms with Crippen molar-refractivity contribution in [3.63, 3.8) is 0 Å². The maximum Gasteiger partial charge on any atom is 0.459 e. The third-order valence-electron chi connectivity index (χ3n) is 5.39. The molecule has 0 spiro atoms. The van der Waals surface area contributed by atoms with Gasteiger partial charge in [-0.1, -0.05) is 48.5 Å². The Bertz CT molecular complexity index is 975. The van der Waals surface area contributed by atoms with Crippen molar-refractivity contribution >= 4 is 0 Å². The van der Waals surface area contributed by atoms with Crippen molar-refractivity contribution in [2.75, 3.05) is 0 Å². The molecule has 0 saturated heterocycles. The summed E-state index contributed by atoms with van der Waals surface area (Å²) in [5.41, 5.74) is -11.6. The summed E-state index contributed by atoms with van der Waals surface area (Å²) in [5.74, 6) is -29.4. The third kappa shape index (κ3) is 2.78. The lowest BCUT2D eigenvalue weighted by Gasteiger charge is -2.48. The lowest BCUT2D eigenvalue weighted by atomic mass is 9.64. The van der Waals surface area contributed by atoms with Gasteiger partial charge in [0.2, 0.25) is 0 Å². The first-order valence-electron chi connectivity index (χ1n) is 8.55. The van der Waals surface area contributed by atoms with Crippen molar-refractivity contribution in [1.82, 2.24) is 0 Å². The second-order valence-corrected chi connectivity index (χ2v) is 7.13. The fraction of sp³-hybridized carbons (Fsp3) is 0.368. The molecular formula is C19H8F14. The first-order valence-corrected chi connectivity index (χ1v) is 8.55. The van der Waals surface area contributed by atoms with E-state index in [0.29, 0.717) is 24.3 Å². The summed E-state index contributed by atoms with van der Waals surface area (Å²) in [6.07, 6.45) is -14.6. The van der Waals surface area contributed by atoms with E-state index in [9.17, 15) is 43.9 Å². The number of hydrogen-bond acceptors (Lipinski definition) is 0. The number of benzene rings is 2. The van der Waals surface area contributed by atoms with Gasteiger partial charge < -0.3 is 0 Å². The molecule has 0 aliphatic heterocycles. The Morgan fingerprint density at radius 1 is 0.424 bits per heavy atom. The highest BCUT2D eigenvalue weighted by Gasteiger charge is 2.92. The van der Waals surface area contributed by atoms with Crippen LogP contribution in [-0.4, -0.2) is 36.0 Å². The van der Waals surface area contributed by atoms with E-state index in [1.165, 1.54) is 0 Å². The molecule has 0 amide bonds. The Morgan fingerprint density at radius 2 is 0.697 bits per heavy atom. The van der Waals surface area contributed by atoms with Crippen LogP contribution in [0.3, 0.4) is 0 Å². The van der Waals surface area contributed by atoms with Crippen molar-refractivity contribution in [2.45, 2.75) is 41.5 Å². The van der Waals surface area contributed by atoms with E-state index in [0.717, 1.165) is 12.1 Å². The molecule has 0 nitrogen and oxygen atoms in total. The van der Waals surface area contributed by atoms with Gasteiger partial charge in [-0.3, -0.25) is 0 Å². The molecule has 0 radical (unpaired) electrons. The molecule has 2 aromatic carbocycles. The minimum Gasteiger partial charge on any atom is -0.198 e. The molecule has 14 heteroatoms. The molecule has 0 saturated carbocycles. The number of rotatable bonds is 4. The van der Waals surface area contributed by atoms with Crippen molar-refractivity contribution in [3.8, 4) is 11.1 Å². The van der Waals surface area contributed by atoms with Crippen molar-refractivity contribution in [1.29, 1.82) is 0 Å². The standard InChI is InChI=1S/C19H8F14/c20-14(21,16(24,25)18(28,29)30)13(15(22,23)17(26,27)19(31,32)33)11-7-3-1-5-9(11)10-6-2-4-8-12(10)13/h1-8H. The summed E-state index contributed by atoms with van der Waals surface area (Å²) in [4.78, 5) is 0. The Morgan fingerprint density at radius 3 is 0.970 bits per heavy atom. The fourth-order valence-electron chi connectivity index (χ4n) is 3.94. The van der Waals surface area contributed by atoms with Gasteiger partial charge in [0.05, 0.1) is 0 Å². The van der Waals surface area contributed by atoms with Crippen LogP contribution in [0.5, 0.6) is 0 Å². The highest BCUT2D eigenvalue weighted by molar-refractivity contribution is 5.83. The van der Waals surface area contributed by atoms with Crippen LogP contribution in [0, 0.1) is 0 Å². The van der Waals surface area contributed by atoms with Crippen LogP contribution in [0.1, 0.15) is 11.1 Å². The SMILES string of the molecule is FC(F)(F)C(F)(F)C(F)(F)C1(C(F)(F)C(F)(F)C(F)(F)F)c2ccccc2-c2ccccc21. The molecule has 33 heavy (non-hydrogen) atoms. The highest BCUT2D eigenvalue weighted by atomic mass is 19.4. The summed E-state index contributed by atoms with van der Waals surface area (Å²) < 4.78 is 195. The normalized spacial score (nSPS) is 17.0. The Kier molecular flexibility index (Phi) is 5.13. The van der Waals surface area contributed by atoms with E-state index in [2.05, 4.69) is 0 Å². The lowest BCUT2D eigenvalue weighted by molar-refractivity contribution is -0.414. The summed E-state index contributed by atoms with van der Waals surface area (Å²) in [5, 5.41) is 0. The zero-order valence-electron chi connectivity index (χ0n) is 15.4. The van der Waals surface area contributed by atoms with Gasteiger partial charge >= 0.3 is 36.0 Å². The zero-order chi connectivity index (χ0) is 25.5. The topological polar surface area (TPSA) is 0 Å². The summed E-state index contributed by atoms with van der Waals surface area (Å²) in [6, 6.07) is 4.34. The Labute approximate surface area is 174 Å². The van der Waals surface area contributed by atoms with Crippen molar-refractivity contribution < 1.29 is 61.5 Å². The Balaban J connectivity index is 2.62. The lowest BCUT2D eigenvalue weighted by Crippen LogP contribution is -2.73. The molecular weight excluding hydrogens is 494 g/mol. The molecule has 2 aromatic rings. The number of hydrogen-bond donors (Lipinski definition) is 0. The molecule has 1 aliphatic rings. The van der Waals surface area contributed by atoms with Gasteiger partial charge in [-0.25, -0.2) is 0 Å². The number of halogens is 14. The molecule has 182 valence electrons. The van der Waals surface area contributed by atoms with E-state index in [4.69, 9.17) is 0 Å². The van der Waals surface area contributed by atoms with Crippen molar-refractivity contribution in [3.05, 3.63) is 59.7 Å². The molecule has 3 rings (SSSR count). The maximum atomic E-state index is 15.2. The van der Waals surface area contributed by atoms with Crippen LogP contribution >= 0.6 is 0 Å². The molecule has 0 heterocycles. The van der Waals surface area contributed by atoms with E-state index in [-0.39, 0.29) is 12.1 Å². The highest BCUT2D eigenvalue weighted by Crippen LogP contribution is 2.71. The molecule has 0 fully saturated rings. The van der Waals surface area contributed by atoms with Gasteiger partial charge in [-0.2, -0.15) is 61.5 Å². The van der Waals surface area contributed by atoms with Gasteiger partial charge in [-0.15, -0.1) is 0 Å². The molecule has 0 atom stereocenters. The third-order valence-corrected chi connectivity index (χ3v) is 5.39.